The largest absolute Gasteiger partial charge is 0.481 e. The van der Waals surface area contributed by atoms with Gasteiger partial charge in [-0.25, -0.2) is 4.98 Å². The second-order valence-electron chi connectivity index (χ2n) is 4.03. The summed E-state index contributed by atoms with van der Waals surface area (Å²) in [6, 6.07) is 3.57. The highest BCUT2D eigenvalue weighted by Crippen LogP contribution is 2.18. The summed E-state index contributed by atoms with van der Waals surface area (Å²) in [6.45, 7) is 3.13. The van der Waals surface area contributed by atoms with Crippen molar-refractivity contribution in [1.82, 2.24) is 10.0 Å². The molecule has 0 radical (unpaired) electrons. The van der Waals surface area contributed by atoms with Gasteiger partial charge in [0.1, 0.15) is 5.15 Å². The average molecular weight is 257 g/mol. The summed E-state index contributed by atoms with van der Waals surface area (Å²) in [4.78, 5) is 20.1. The Morgan fingerprint density at radius 3 is 2.94 bits per heavy atom. The molecule has 0 atom stereocenters. The Hall–Kier alpha value is -1.17. The lowest BCUT2D eigenvalue weighted by molar-refractivity contribution is -0.231. The number of carboxylic acids is 1. The summed E-state index contributed by atoms with van der Waals surface area (Å²) < 4.78 is 0. The third kappa shape index (κ3) is 2.94. The van der Waals surface area contributed by atoms with Crippen molar-refractivity contribution < 1.29 is 14.7 Å². The van der Waals surface area contributed by atoms with Crippen LogP contribution in [0.3, 0.4) is 0 Å². The van der Waals surface area contributed by atoms with Crippen LogP contribution in [-0.4, -0.2) is 34.2 Å². The summed E-state index contributed by atoms with van der Waals surface area (Å²) in [7, 11) is 0. The van der Waals surface area contributed by atoms with Crippen LogP contribution in [0.25, 0.3) is 0 Å². The van der Waals surface area contributed by atoms with E-state index in [1.54, 1.807) is 11.1 Å². The van der Waals surface area contributed by atoms with Crippen LogP contribution in [0.1, 0.15) is 11.3 Å². The van der Waals surface area contributed by atoms with E-state index in [1.165, 1.54) is 0 Å². The third-order valence-corrected chi connectivity index (χ3v) is 2.97. The number of hydroxylamine groups is 2. The minimum atomic E-state index is -0.769. The predicted octanol–water partition coefficient (Wildman–Crippen LogP) is 1.49. The van der Waals surface area contributed by atoms with E-state index in [1.807, 2.05) is 13.0 Å². The Labute approximate surface area is 104 Å². The fraction of sp³-hybridized carbons (Fsp3) is 0.455. The SMILES string of the molecule is Cc1nc(Cl)ccc1CON1CC(C(=O)O)C1. The minimum absolute atomic E-state index is 0.306. The van der Waals surface area contributed by atoms with Crippen LogP contribution in [0.4, 0.5) is 0 Å². The molecule has 1 aromatic heterocycles. The molecule has 1 fully saturated rings. The van der Waals surface area contributed by atoms with Gasteiger partial charge in [0.25, 0.3) is 0 Å². The van der Waals surface area contributed by atoms with Gasteiger partial charge in [-0.1, -0.05) is 17.7 Å². The van der Waals surface area contributed by atoms with Gasteiger partial charge < -0.3 is 5.11 Å². The Morgan fingerprint density at radius 1 is 1.65 bits per heavy atom. The van der Waals surface area contributed by atoms with Gasteiger partial charge in [0, 0.05) is 24.3 Å². The Morgan fingerprint density at radius 2 is 2.35 bits per heavy atom. The molecule has 1 N–H and O–H groups in total. The zero-order chi connectivity index (χ0) is 12.4. The van der Waals surface area contributed by atoms with Gasteiger partial charge >= 0.3 is 5.97 Å². The van der Waals surface area contributed by atoms with Crippen LogP contribution >= 0.6 is 11.6 Å². The average Bonchev–Trinajstić information content (AvgIpc) is 2.17. The first-order chi connectivity index (χ1) is 8.06. The maximum absolute atomic E-state index is 10.6. The maximum Gasteiger partial charge on any atom is 0.309 e. The number of aryl methyl sites for hydroxylation is 1. The molecule has 0 aromatic carbocycles. The van der Waals surface area contributed by atoms with E-state index in [2.05, 4.69) is 4.98 Å². The molecule has 1 saturated heterocycles. The smallest absolute Gasteiger partial charge is 0.309 e. The summed E-state index contributed by atoms with van der Waals surface area (Å²) in [5.41, 5.74) is 1.78. The van der Waals surface area contributed by atoms with Gasteiger partial charge in [-0.05, 0) is 13.0 Å². The van der Waals surface area contributed by atoms with Gasteiger partial charge in [0.15, 0.2) is 0 Å². The lowest BCUT2D eigenvalue weighted by Crippen LogP contribution is -2.49. The molecular formula is C11H13ClN2O3. The first kappa shape index (κ1) is 12.3. The highest BCUT2D eigenvalue weighted by molar-refractivity contribution is 6.29. The number of hydrogen-bond donors (Lipinski definition) is 1. The normalized spacial score (nSPS) is 16.8. The number of pyridine rings is 1. The van der Waals surface area contributed by atoms with Crippen molar-refractivity contribution in [1.29, 1.82) is 0 Å². The topological polar surface area (TPSA) is 62.7 Å². The van der Waals surface area contributed by atoms with Crippen LogP contribution < -0.4 is 0 Å². The van der Waals surface area contributed by atoms with Crippen molar-refractivity contribution >= 4 is 17.6 Å². The van der Waals surface area contributed by atoms with Crippen LogP contribution in [0.15, 0.2) is 12.1 Å². The minimum Gasteiger partial charge on any atom is -0.481 e. The van der Waals surface area contributed by atoms with Gasteiger partial charge in [-0.15, -0.1) is 0 Å². The van der Waals surface area contributed by atoms with E-state index in [0.29, 0.717) is 24.8 Å². The number of aromatic nitrogens is 1. The highest BCUT2D eigenvalue weighted by atomic mass is 35.5. The fourth-order valence-corrected chi connectivity index (χ4v) is 1.76. The first-order valence-electron chi connectivity index (χ1n) is 5.29. The van der Waals surface area contributed by atoms with Crippen molar-refractivity contribution in [3.63, 3.8) is 0 Å². The molecule has 6 heteroatoms. The van der Waals surface area contributed by atoms with Crippen molar-refractivity contribution in [2.24, 2.45) is 5.92 Å². The number of rotatable bonds is 4. The Bertz CT molecular complexity index is 433. The van der Waals surface area contributed by atoms with E-state index in [4.69, 9.17) is 21.5 Å². The molecule has 1 aliphatic heterocycles. The van der Waals surface area contributed by atoms with Crippen LogP contribution in [0.5, 0.6) is 0 Å². The fourth-order valence-electron chi connectivity index (χ4n) is 1.57. The molecule has 0 amide bonds. The van der Waals surface area contributed by atoms with Crippen molar-refractivity contribution in [3.8, 4) is 0 Å². The molecule has 0 bridgehead atoms. The van der Waals surface area contributed by atoms with Crippen LogP contribution in [-0.2, 0) is 16.2 Å². The molecule has 1 aromatic rings. The highest BCUT2D eigenvalue weighted by Gasteiger charge is 2.33. The van der Waals surface area contributed by atoms with Crippen LogP contribution in [0.2, 0.25) is 5.15 Å². The number of hydrogen-bond acceptors (Lipinski definition) is 4. The van der Waals surface area contributed by atoms with Crippen molar-refractivity contribution in [2.75, 3.05) is 13.1 Å². The Kier molecular flexibility index (Phi) is 3.61. The number of aliphatic carboxylic acids is 1. The monoisotopic (exact) mass is 256 g/mol. The zero-order valence-corrected chi connectivity index (χ0v) is 10.1. The number of carbonyl (C=O) groups is 1. The summed E-state index contributed by atoms with van der Waals surface area (Å²) >= 11 is 5.74. The number of nitrogens with zero attached hydrogens (tertiary/aromatic N) is 2. The lowest BCUT2D eigenvalue weighted by Gasteiger charge is -2.35. The standard InChI is InChI=1S/C11H13ClN2O3/c1-7-8(2-3-10(12)13-7)6-17-14-4-9(5-14)11(15)16/h2-3,9H,4-6H2,1H3,(H,15,16). The summed E-state index contributed by atoms with van der Waals surface area (Å²) in [5.74, 6) is -1.08. The molecule has 0 aliphatic carbocycles. The number of carboxylic acid groups (broad SMARTS) is 1. The molecule has 5 nitrogen and oxygen atoms in total. The molecule has 2 heterocycles. The van der Waals surface area contributed by atoms with E-state index in [-0.39, 0.29) is 5.92 Å². The first-order valence-corrected chi connectivity index (χ1v) is 5.67. The van der Waals surface area contributed by atoms with Crippen molar-refractivity contribution in [3.05, 3.63) is 28.5 Å². The molecule has 92 valence electrons. The summed E-state index contributed by atoms with van der Waals surface area (Å²) in [5, 5.41) is 10.8. The molecule has 17 heavy (non-hydrogen) atoms. The Balaban J connectivity index is 1.81. The molecule has 1 aliphatic rings. The molecule has 0 spiro atoms. The van der Waals surface area contributed by atoms with Crippen LogP contribution in [0, 0.1) is 12.8 Å². The van der Waals surface area contributed by atoms with E-state index < -0.39 is 5.97 Å². The van der Waals surface area contributed by atoms with Gasteiger partial charge in [-0.2, -0.15) is 5.06 Å². The van der Waals surface area contributed by atoms with Crippen molar-refractivity contribution in [2.45, 2.75) is 13.5 Å². The van der Waals surface area contributed by atoms with E-state index in [9.17, 15) is 4.79 Å². The maximum atomic E-state index is 10.6. The van der Waals surface area contributed by atoms with Gasteiger partial charge in [0.05, 0.1) is 12.5 Å². The summed E-state index contributed by atoms with van der Waals surface area (Å²) in [6.07, 6.45) is 0. The van der Waals surface area contributed by atoms with Gasteiger partial charge in [0.2, 0.25) is 0 Å². The third-order valence-electron chi connectivity index (χ3n) is 2.76. The predicted molar refractivity (Wildman–Crippen MR) is 61.5 cm³/mol. The van der Waals surface area contributed by atoms with Gasteiger partial charge in [-0.3, -0.25) is 9.63 Å². The lowest BCUT2D eigenvalue weighted by atomic mass is 10.0. The zero-order valence-electron chi connectivity index (χ0n) is 9.39. The number of halogens is 1. The molecular weight excluding hydrogens is 244 g/mol. The second kappa shape index (κ2) is 5.00. The van der Waals surface area contributed by atoms with E-state index in [0.717, 1.165) is 11.3 Å². The molecule has 0 unspecified atom stereocenters. The van der Waals surface area contributed by atoms with E-state index >= 15 is 0 Å². The molecule has 0 saturated carbocycles. The second-order valence-corrected chi connectivity index (χ2v) is 4.42. The molecule has 2 rings (SSSR count). The quantitative estimate of drug-likeness (QED) is 0.827.